The predicted molar refractivity (Wildman–Crippen MR) is 79.0 cm³/mol. The number of para-hydroxylation sites is 2. The van der Waals surface area contributed by atoms with E-state index in [1.165, 1.54) is 0 Å². The highest BCUT2D eigenvalue weighted by Gasteiger charge is 2.28. The summed E-state index contributed by atoms with van der Waals surface area (Å²) in [6.45, 7) is 2.31. The van der Waals surface area contributed by atoms with Crippen molar-refractivity contribution in [3.8, 4) is 5.75 Å². The molecule has 0 heterocycles. The normalized spacial score (nSPS) is 22.1. The molecule has 0 saturated heterocycles. The molecule has 1 aromatic carbocycles. The summed E-state index contributed by atoms with van der Waals surface area (Å²) in [7, 11) is 1.67. The van der Waals surface area contributed by atoms with Gasteiger partial charge in [-0.15, -0.1) is 0 Å². The summed E-state index contributed by atoms with van der Waals surface area (Å²) in [5.41, 5.74) is 0.990. The van der Waals surface area contributed by atoms with E-state index < -0.39 is 0 Å². The molecule has 1 aromatic rings. The van der Waals surface area contributed by atoms with Crippen LogP contribution in [-0.2, 0) is 9.53 Å². The second-order valence-electron chi connectivity index (χ2n) is 5.16. The number of ether oxygens (including phenoxy) is 2. The van der Waals surface area contributed by atoms with Crippen LogP contribution in [0.2, 0.25) is 0 Å². The third-order valence-corrected chi connectivity index (χ3v) is 3.76. The summed E-state index contributed by atoms with van der Waals surface area (Å²) in [5.74, 6) is 0.806. The molecule has 0 aliphatic heterocycles. The number of carbonyl (C=O) groups excluding carboxylic acids is 1. The number of benzene rings is 1. The molecule has 1 aliphatic rings. The Labute approximate surface area is 120 Å². The monoisotopic (exact) mass is 277 g/mol. The predicted octanol–water partition coefficient (Wildman–Crippen LogP) is 3.23. The molecule has 2 rings (SSSR count). The van der Waals surface area contributed by atoms with E-state index in [0.717, 1.165) is 37.1 Å². The Kier molecular flexibility index (Phi) is 5.27. The molecule has 2 atom stereocenters. The van der Waals surface area contributed by atoms with Crippen molar-refractivity contribution in [2.75, 3.05) is 19.0 Å². The number of nitrogens with one attached hydrogen (secondary N) is 1. The van der Waals surface area contributed by atoms with E-state index in [-0.39, 0.29) is 11.9 Å². The van der Waals surface area contributed by atoms with E-state index in [0.29, 0.717) is 12.6 Å². The fourth-order valence-electron chi connectivity index (χ4n) is 2.78. The molecule has 0 aromatic heterocycles. The van der Waals surface area contributed by atoms with Crippen molar-refractivity contribution in [2.24, 2.45) is 5.92 Å². The van der Waals surface area contributed by atoms with Crippen LogP contribution >= 0.6 is 0 Å². The van der Waals surface area contributed by atoms with Crippen molar-refractivity contribution in [1.82, 2.24) is 0 Å². The third kappa shape index (κ3) is 3.65. The highest BCUT2D eigenvalue weighted by molar-refractivity contribution is 5.72. The highest BCUT2D eigenvalue weighted by atomic mass is 16.5. The minimum absolute atomic E-state index is 0.0240. The summed E-state index contributed by atoms with van der Waals surface area (Å²) >= 11 is 0. The zero-order chi connectivity index (χ0) is 14.4. The number of esters is 1. The standard InChI is InChI=1S/C16H23NO3/c1-3-20-16(18)12-7-6-8-13(11-12)17-14-9-4-5-10-15(14)19-2/h4-5,9-10,12-13,17H,3,6-8,11H2,1-2H3. The van der Waals surface area contributed by atoms with Gasteiger partial charge in [-0.25, -0.2) is 0 Å². The molecule has 20 heavy (non-hydrogen) atoms. The van der Waals surface area contributed by atoms with Gasteiger partial charge in [-0.2, -0.15) is 0 Å². The first-order valence-electron chi connectivity index (χ1n) is 7.30. The maximum atomic E-state index is 11.8. The summed E-state index contributed by atoms with van der Waals surface area (Å²) in [6.07, 6.45) is 3.89. The van der Waals surface area contributed by atoms with Crippen LogP contribution in [0.15, 0.2) is 24.3 Å². The van der Waals surface area contributed by atoms with Crippen LogP contribution in [0.3, 0.4) is 0 Å². The lowest BCUT2D eigenvalue weighted by atomic mass is 9.85. The van der Waals surface area contributed by atoms with Crippen molar-refractivity contribution in [1.29, 1.82) is 0 Å². The van der Waals surface area contributed by atoms with E-state index in [2.05, 4.69) is 5.32 Å². The maximum absolute atomic E-state index is 11.8. The fourth-order valence-corrected chi connectivity index (χ4v) is 2.78. The van der Waals surface area contributed by atoms with Crippen LogP contribution in [0.25, 0.3) is 0 Å². The Bertz CT molecular complexity index is 447. The van der Waals surface area contributed by atoms with Gasteiger partial charge >= 0.3 is 5.97 Å². The Morgan fingerprint density at radius 3 is 2.90 bits per heavy atom. The molecule has 1 saturated carbocycles. The van der Waals surface area contributed by atoms with Crippen LogP contribution in [0.1, 0.15) is 32.6 Å². The van der Waals surface area contributed by atoms with Gasteiger partial charge in [-0.3, -0.25) is 4.79 Å². The molecule has 1 N–H and O–H groups in total. The second kappa shape index (κ2) is 7.17. The molecule has 1 fully saturated rings. The summed E-state index contributed by atoms with van der Waals surface area (Å²) in [5, 5.41) is 3.49. The van der Waals surface area contributed by atoms with Crippen molar-refractivity contribution in [3.63, 3.8) is 0 Å². The number of anilines is 1. The number of methoxy groups -OCH3 is 1. The minimum atomic E-state index is -0.0565. The summed E-state index contributed by atoms with van der Waals surface area (Å²) < 4.78 is 10.5. The van der Waals surface area contributed by atoms with Gasteiger partial charge in [0.05, 0.1) is 25.3 Å². The van der Waals surface area contributed by atoms with Crippen LogP contribution in [0.5, 0.6) is 5.75 Å². The average Bonchev–Trinajstić information content (AvgIpc) is 2.48. The molecular weight excluding hydrogens is 254 g/mol. The SMILES string of the molecule is CCOC(=O)C1CCCC(Nc2ccccc2OC)C1. The number of hydrogen-bond donors (Lipinski definition) is 1. The molecule has 2 unspecified atom stereocenters. The fraction of sp³-hybridized carbons (Fsp3) is 0.562. The highest BCUT2D eigenvalue weighted by Crippen LogP contribution is 2.30. The molecule has 4 nitrogen and oxygen atoms in total. The lowest BCUT2D eigenvalue weighted by Crippen LogP contribution is -2.32. The molecule has 0 bridgehead atoms. The quantitative estimate of drug-likeness (QED) is 0.839. The summed E-state index contributed by atoms with van der Waals surface area (Å²) in [6, 6.07) is 8.18. The first-order valence-corrected chi connectivity index (χ1v) is 7.30. The zero-order valence-electron chi connectivity index (χ0n) is 12.2. The molecule has 0 radical (unpaired) electrons. The van der Waals surface area contributed by atoms with E-state index in [4.69, 9.17) is 9.47 Å². The average molecular weight is 277 g/mol. The molecule has 0 spiro atoms. The molecule has 1 aliphatic carbocycles. The Morgan fingerprint density at radius 1 is 1.35 bits per heavy atom. The maximum Gasteiger partial charge on any atom is 0.308 e. The van der Waals surface area contributed by atoms with Crippen molar-refractivity contribution in [2.45, 2.75) is 38.6 Å². The first-order chi connectivity index (χ1) is 9.74. The van der Waals surface area contributed by atoms with Crippen molar-refractivity contribution >= 4 is 11.7 Å². The van der Waals surface area contributed by atoms with E-state index >= 15 is 0 Å². The van der Waals surface area contributed by atoms with Crippen LogP contribution < -0.4 is 10.1 Å². The lowest BCUT2D eigenvalue weighted by Gasteiger charge is -2.29. The van der Waals surface area contributed by atoms with Gasteiger partial charge in [0.25, 0.3) is 0 Å². The Hall–Kier alpha value is -1.71. The van der Waals surface area contributed by atoms with Crippen LogP contribution in [0, 0.1) is 5.92 Å². The van der Waals surface area contributed by atoms with E-state index in [1.807, 2.05) is 31.2 Å². The van der Waals surface area contributed by atoms with E-state index in [9.17, 15) is 4.79 Å². The topological polar surface area (TPSA) is 47.6 Å². The largest absolute Gasteiger partial charge is 0.495 e. The summed E-state index contributed by atoms with van der Waals surface area (Å²) in [4.78, 5) is 11.8. The molecule has 0 amide bonds. The third-order valence-electron chi connectivity index (χ3n) is 3.76. The van der Waals surface area contributed by atoms with Gasteiger partial charge in [-0.1, -0.05) is 18.6 Å². The van der Waals surface area contributed by atoms with Crippen molar-refractivity contribution < 1.29 is 14.3 Å². The van der Waals surface area contributed by atoms with Gasteiger partial charge in [0, 0.05) is 6.04 Å². The number of rotatable bonds is 5. The minimum Gasteiger partial charge on any atom is -0.495 e. The second-order valence-corrected chi connectivity index (χ2v) is 5.16. The molecule has 4 heteroatoms. The first kappa shape index (κ1) is 14.7. The molecule has 110 valence electrons. The van der Waals surface area contributed by atoms with Gasteiger partial charge in [-0.05, 0) is 38.3 Å². The zero-order valence-corrected chi connectivity index (χ0v) is 12.2. The lowest BCUT2D eigenvalue weighted by molar-refractivity contribution is -0.149. The van der Waals surface area contributed by atoms with Crippen molar-refractivity contribution in [3.05, 3.63) is 24.3 Å². The van der Waals surface area contributed by atoms with E-state index in [1.54, 1.807) is 7.11 Å². The van der Waals surface area contributed by atoms with Gasteiger partial charge < -0.3 is 14.8 Å². The van der Waals surface area contributed by atoms with Gasteiger partial charge in [0.2, 0.25) is 0 Å². The number of carbonyl (C=O) groups is 1. The Balaban J connectivity index is 1.97. The smallest absolute Gasteiger partial charge is 0.308 e. The number of hydrogen-bond acceptors (Lipinski definition) is 4. The van der Waals surface area contributed by atoms with Gasteiger partial charge in [0.15, 0.2) is 0 Å². The molecular formula is C16H23NO3. The van der Waals surface area contributed by atoms with Crippen LogP contribution in [-0.4, -0.2) is 25.7 Å². The van der Waals surface area contributed by atoms with Gasteiger partial charge in [0.1, 0.15) is 5.75 Å². The van der Waals surface area contributed by atoms with Crippen LogP contribution in [0.4, 0.5) is 5.69 Å². The Morgan fingerprint density at radius 2 is 2.15 bits per heavy atom.